The second-order valence-electron chi connectivity index (χ2n) is 3.87. The monoisotopic (exact) mass is 251 g/mol. The third-order valence-electron chi connectivity index (χ3n) is 2.45. The smallest absolute Gasteiger partial charge is 0.185 e. The maximum atomic E-state index is 5.27. The standard InChI is InChI=1S/C13H21N3S/c1-3-5-11-16(4-2)15-13(17)14-12-9-7-6-8-10-12/h6-10H,3-5,11H2,1-2H3,(H2,14,15,17). The molecule has 2 N–H and O–H groups in total. The number of nitrogens with one attached hydrogen (secondary N) is 2. The van der Waals surface area contributed by atoms with E-state index in [-0.39, 0.29) is 0 Å². The fraction of sp³-hybridized carbons (Fsp3) is 0.462. The maximum absolute atomic E-state index is 5.27. The van der Waals surface area contributed by atoms with Gasteiger partial charge in [-0.1, -0.05) is 38.5 Å². The summed E-state index contributed by atoms with van der Waals surface area (Å²) in [6, 6.07) is 9.95. The zero-order chi connectivity index (χ0) is 12.5. The van der Waals surface area contributed by atoms with E-state index in [1.54, 1.807) is 0 Å². The lowest BCUT2D eigenvalue weighted by molar-refractivity contribution is 0.246. The lowest BCUT2D eigenvalue weighted by atomic mass is 10.3. The number of rotatable bonds is 6. The summed E-state index contributed by atoms with van der Waals surface area (Å²) in [5.41, 5.74) is 4.21. The first-order valence-corrected chi connectivity index (χ1v) is 6.54. The molecule has 0 saturated heterocycles. The second-order valence-corrected chi connectivity index (χ2v) is 4.27. The Balaban J connectivity index is 2.37. The zero-order valence-corrected chi connectivity index (χ0v) is 11.4. The normalized spacial score (nSPS) is 10.3. The summed E-state index contributed by atoms with van der Waals surface area (Å²) >= 11 is 5.27. The molecular weight excluding hydrogens is 230 g/mol. The third-order valence-corrected chi connectivity index (χ3v) is 2.65. The summed E-state index contributed by atoms with van der Waals surface area (Å²) in [7, 11) is 0. The van der Waals surface area contributed by atoms with Gasteiger partial charge in [-0.25, -0.2) is 5.01 Å². The minimum Gasteiger partial charge on any atom is -0.332 e. The highest BCUT2D eigenvalue weighted by Crippen LogP contribution is 2.04. The van der Waals surface area contributed by atoms with Crippen molar-refractivity contribution in [2.45, 2.75) is 26.7 Å². The molecule has 0 amide bonds. The topological polar surface area (TPSA) is 27.3 Å². The highest BCUT2D eigenvalue weighted by molar-refractivity contribution is 7.80. The van der Waals surface area contributed by atoms with Crippen molar-refractivity contribution in [3.63, 3.8) is 0 Å². The number of benzene rings is 1. The van der Waals surface area contributed by atoms with Crippen LogP contribution in [0.1, 0.15) is 26.7 Å². The van der Waals surface area contributed by atoms with Gasteiger partial charge in [-0.05, 0) is 30.8 Å². The van der Waals surface area contributed by atoms with Crippen molar-refractivity contribution < 1.29 is 0 Å². The summed E-state index contributed by atoms with van der Waals surface area (Å²) < 4.78 is 0. The first-order chi connectivity index (χ1) is 8.26. The average molecular weight is 251 g/mol. The number of anilines is 1. The Morgan fingerprint density at radius 1 is 1.24 bits per heavy atom. The number of thiocarbonyl (C=S) groups is 1. The van der Waals surface area contributed by atoms with Gasteiger partial charge in [-0.3, -0.25) is 5.43 Å². The van der Waals surface area contributed by atoms with Gasteiger partial charge in [0.25, 0.3) is 0 Å². The summed E-state index contributed by atoms with van der Waals surface area (Å²) in [6.07, 6.45) is 2.37. The molecule has 0 aliphatic carbocycles. The minimum atomic E-state index is 0.647. The minimum absolute atomic E-state index is 0.647. The van der Waals surface area contributed by atoms with Gasteiger partial charge in [-0.2, -0.15) is 0 Å². The summed E-state index contributed by atoms with van der Waals surface area (Å²) in [5.74, 6) is 0. The van der Waals surface area contributed by atoms with Crippen LogP contribution in [0.4, 0.5) is 5.69 Å². The lowest BCUT2D eigenvalue weighted by Gasteiger charge is -2.23. The Kier molecular flexibility index (Phi) is 6.58. The predicted octanol–water partition coefficient (Wildman–Crippen LogP) is 3.01. The van der Waals surface area contributed by atoms with Crippen LogP contribution in [-0.2, 0) is 0 Å². The fourth-order valence-corrected chi connectivity index (χ4v) is 1.71. The Morgan fingerprint density at radius 2 is 1.94 bits per heavy atom. The summed E-state index contributed by atoms with van der Waals surface area (Å²) in [5, 5.41) is 5.94. The van der Waals surface area contributed by atoms with Crippen LogP contribution in [0.15, 0.2) is 30.3 Å². The quantitative estimate of drug-likeness (QED) is 0.600. The van der Waals surface area contributed by atoms with Gasteiger partial charge in [0.05, 0.1) is 0 Å². The van der Waals surface area contributed by atoms with Crippen molar-refractivity contribution in [1.29, 1.82) is 0 Å². The van der Waals surface area contributed by atoms with E-state index < -0.39 is 0 Å². The molecule has 0 bridgehead atoms. The van der Waals surface area contributed by atoms with Crippen molar-refractivity contribution in [1.82, 2.24) is 10.4 Å². The van der Waals surface area contributed by atoms with E-state index in [1.165, 1.54) is 12.8 Å². The van der Waals surface area contributed by atoms with E-state index in [0.717, 1.165) is 18.8 Å². The molecule has 0 spiro atoms. The second kappa shape index (κ2) is 8.03. The number of hydrogen-bond acceptors (Lipinski definition) is 2. The van der Waals surface area contributed by atoms with Crippen LogP contribution >= 0.6 is 12.2 Å². The molecule has 0 unspecified atom stereocenters. The van der Waals surface area contributed by atoms with Crippen molar-refractivity contribution in [2.75, 3.05) is 18.4 Å². The molecule has 17 heavy (non-hydrogen) atoms. The van der Waals surface area contributed by atoms with Gasteiger partial charge >= 0.3 is 0 Å². The van der Waals surface area contributed by atoms with Crippen LogP contribution in [0, 0.1) is 0 Å². The SMILES string of the molecule is CCCCN(CC)NC(=S)Nc1ccccc1. The van der Waals surface area contributed by atoms with Gasteiger partial charge in [-0.15, -0.1) is 0 Å². The lowest BCUT2D eigenvalue weighted by Crippen LogP contribution is -2.44. The van der Waals surface area contributed by atoms with Crippen LogP contribution in [0.25, 0.3) is 0 Å². The fourth-order valence-electron chi connectivity index (χ4n) is 1.47. The molecule has 1 aromatic carbocycles. The van der Waals surface area contributed by atoms with Crippen molar-refractivity contribution in [3.8, 4) is 0 Å². The van der Waals surface area contributed by atoms with Crippen LogP contribution in [-0.4, -0.2) is 23.2 Å². The van der Waals surface area contributed by atoms with E-state index in [2.05, 4.69) is 29.6 Å². The largest absolute Gasteiger partial charge is 0.332 e. The molecule has 0 saturated carbocycles. The molecule has 0 radical (unpaired) electrons. The molecule has 1 aromatic rings. The van der Waals surface area contributed by atoms with E-state index in [4.69, 9.17) is 12.2 Å². The van der Waals surface area contributed by atoms with Crippen LogP contribution in [0.5, 0.6) is 0 Å². The molecule has 3 nitrogen and oxygen atoms in total. The van der Waals surface area contributed by atoms with Crippen molar-refractivity contribution in [2.24, 2.45) is 0 Å². The molecule has 0 aromatic heterocycles. The van der Waals surface area contributed by atoms with E-state index in [1.807, 2.05) is 30.3 Å². The van der Waals surface area contributed by atoms with Crippen LogP contribution in [0.2, 0.25) is 0 Å². The van der Waals surface area contributed by atoms with E-state index >= 15 is 0 Å². The molecule has 94 valence electrons. The maximum Gasteiger partial charge on any atom is 0.185 e. The molecule has 0 heterocycles. The predicted molar refractivity (Wildman–Crippen MR) is 78.0 cm³/mol. The number of hydrazine groups is 1. The van der Waals surface area contributed by atoms with Gasteiger partial charge < -0.3 is 5.32 Å². The van der Waals surface area contributed by atoms with E-state index in [9.17, 15) is 0 Å². The third kappa shape index (κ3) is 5.65. The number of nitrogens with zero attached hydrogens (tertiary/aromatic N) is 1. The Morgan fingerprint density at radius 3 is 2.53 bits per heavy atom. The summed E-state index contributed by atoms with van der Waals surface area (Å²) in [4.78, 5) is 0. The molecule has 0 fully saturated rings. The highest BCUT2D eigenvalue weighted by Gasteiger charge is 2.03. The molecule has 0 aliphatic rings. The number of unbranched alkanes of at least 4 members (excludes halogenated alkanes) is 1. The molecule has 0 aliphatic heterocycles. The Hall–Kier alpha value is -1.13. The highest BCUT2D eigenvalue weighted by atomic mass is 32.1. The molecule has 4 heteroatoms. The number of hydrogen-bond donors (Lipinski definition) is 2. The van der Waals surface area contributed by atoms with Crippen molar-refractivity contribution >= 4 is 23.0 Å². The first kappa shape index (κ1) is 13.9. The molecular formula is C13H21N3S. The van der Waals surface area contributed by atoms with Gasteiger partial charge in [0.1, 0.15) is 0 Å². The van der Waals surface area contributed by atoms with Crippen molar-refractivity contribution in [3.05, 3.63) is 30.3 Å². The number of para-hydroxylation sites is 1. The van der Waals surface area contributed by atoms with Gasteiger partial charge in [0.2, 0.25) is 0 Å². The van der Waals surface area contributed by atoms with Crippen LogP contribution in [0.3, 0.4) is 0 Å². The zero-order valence-electron chi connectivity index (χ0n) is 10.6. The van der Waals surface area contributed by atoms with Gasteiger partial charge in [0.15, 0.2) is 5.11 Å². The average Bonchev–Trinajstić information content (AvgIpc) is 2.35. The summed E-state index contributed by atoms with van der Waals surface area (Å²) in [6.45, 7) is 6.27. The van der Waals surface area contributed by atoms with E-state index in [0.29, 0.717) is 5.11 Å². The van der Waals surface area contributed by atoms with Gasteiger partial charge in [0, 0.05) is 18.8 Å². The molecule has 0 atom stereocenters. The Bertz CT molecular complexity index is 327. The van der Waals surface area contributed by atoms with Crippen LogP contribution < -0.4 is 10.7 Å². The molecule has 1 rings (SSSR count). The first-order valence-electron chi connectivity index (χ1n) is 6.14. The Labute approximate surface area is 109 Å².